The van der Waals surface area contributed by atoms with E-state index in [1.807, 2.05) is 0 Å². The number of carbonyl (C=O) groups is 3. The third-order valence-electron chi connectivity index (χ3n) is 4.26. The van der Waals surface area contributed by atoms with Gasteiger partial charge in [0.1, 0.15) is 0 Å². The molecule has 124 valence electrons. The molecule has 0 atom stereocenters. The summed E-state index contributed by atoms with van der Waals surface area (Å²) in [6.07, 6.45) is 3.13. The van der Waals surface area contributed by atoms with Crippen LogP contribution in [0.25, 0.3) is 0 Å². The van der Waals surface area contributed by atoms with Gasteiger partial charge in [-0.1, -0.05) is 25.8 Å². The minimum atomic E-state index is -0.932. The van der Waals surface area contributed by atoms with E-state index in [9.17, 15) is 19.5 Å². The minimum absolute atomic E-state index is 0.0200. The Hall–Kier alpha value is -2.37. The van der Waals surface area contributed by atoms with E-state index in [0.717, 1.165) is 12.8 Å². The van der Waals surface area contributed by atoms with Crippen LogP contribution < -0.4 is 10.6 Å². The van der Waals surface area contributed by atoms with Crippen LogP contribution in [0.2, 0.25) is 0 Å². The molecule has 0 radical (unpaired) electrons. The predicted octanol–water partition coefficient (Wildman–Crippen LogP) is 3.01. The number of rotatable bonds is 6. The van der Waals surface area contributed by atoms with Gasteiger partial charge >= 0.3 is 5.97 Å². The van der Waals surface area contributed by atoms with Crippen molar-refractivity contribution in [1.82, 2.24) is 0 Å². The Morgan fingerprint density at radius 1 is 1.09 bits per heavy atom. The van der Waals surface area contributed by atoms with E-state index < -0.39 is 11.4 Å². The topological polar surface area (TPSA) is 95.5 Å². The molecule has 0 heterocycles. The summed E-state index contributed by atoms with van der Waals surface area (Å²) in [6.45, 7) is 1.76. The minimum Gasteiger partial charge on any atom is -0.481 e. The summed E-state index contributed by atoms with van der Waals surface area (Å²) in [4.78, 5) is 35.1. The van der Waals surface area contributed by atoms with Gasteiger partial charge in [0.25, 0.3) is 0 Å². The molecule has 6 nitrogen and oxygen atoms in total. The van der Waals surface area contributed by atoms with Crippen LogP contribution in [0.1, 0.15) is 45.4 Å². The molecule has 1 aliphatic rings. The number of anilines is 2. The molecule has 0 aromatic heterocycles. The second-order valence-electron chi connectivity index (χ2n) is 6.00. The SMILES string of the molecule is CCC(=O)Nc1cccc(NC(=O)CC2(C(=O)O)CCCC2)c1. The highest BCUT2D eigenvalue weighted by atomic mass is 16.4. The quantitative estimate of drug-likeness (QED) is 0.751. The fraction of sp³-hybridized carbons (Fsp3) is 0.471. The van der Waals surface area contributed by atoms with Gasteiger partial charge in [-0.3, -0.25) is 14.4 Å². The van der Waals surface area contributed by atoms with Crippen molar-refractivity contribution in [3.05, 3.63) is 24.3 Å². The summed E-state index contributed by atoms with van der Waals surface area (Å²) >= 11 is 0. The lowest BCUT2D eigenvalue weighted by molar-refractivity contribution is -0.150. The number of benzene rings is 1. The number of carboxylic acids is 1. The Labute approximate surface area is 135 Å². The molecule has 0 unspecified atom stereocenters. The van der Waals surface area contributed by atoms with Gasteiger partial charge in [0.2, 0.25) is 11.8 Å². The maximum absolute atomic E-state index is 12.2. The second kappa shape index (κ2) is 7.26. The van der Waals surface area contributed by atoms with E-state index in [-0.39, 0.29) is 18.2 Å². The third-order valence-corrected chi connectivity index (χ3v) is 4.26. The smallest absolute Gasteiger partial charge is 0.310 e. The van der Waals surface area contributed by atoms with Crippen LogP contribution in [0.4, 0.5) is 11.4 Å². The Kier molecular flexibility index (Phi) is 5.36. The lowest BCUT2D eigenvalue weighted by Crippen LogP contribution is -2.32. The molecule has 0 spiro atoms. The lowest BCUT2D eigenvalue weighted by Gasteiger charge is -2.22. The van der Waals surface area contributed by atoms with Crippen molar-refractivity contribution < 1.29 is 19.5 Å². The molecule has 23 heavy (non-hydrogen) atoms. The van der Waals surface area contributed by atoms with Crippen molar-refractivity contribution in [2.75, 3.05) is 10.6 Å². The number of hydrogen-bond donors (Lipinski definition) is 3. The third kappa shape index (κ3) is 4.31. The summed E-state index contributed by atoms with van der Waals surface area (Å²) in [5, 5.41) is 14.9. The van der Waals surface area contributed by atoms with E-state index in [2.05, 4.69) is 10.6 Å². The standard InChI is InChI=1S/C17H22N2O4/c1-2-14(20)18-12-6-5-7-13(10-12)19-15(21)11-17(16(22)23)8-3-4-9-17/h5-7,10H,2-4,8-9,11H2,1H3,(H,18,20)(H,19,21)(H,22,23). The van der Waals surface area contributed by atoms with Crippen LogP contribution in [0, 0.1) is 5.41 Å². The molecular formula is C17H22N2O4. The van der Waals surface area contributed by atoms with E-state index >= 15 is 0 Å². The van der Waals surface area contributed by atoms with Crippen molar-refractivity contribution in [2.24, 2.45) is 5.41 Å². The largest absolute Gasteiger partial charge is 0.481 e. The summed E-state index contributed by atoms with van der Waals surface area (Å²) in [7, 11) is 0. The van der Waals surface area contributed by atoms with E-state index in [1.165, 1.54) is 0 Å². The summed E-state index contributed by atoms with van der Waals surface area (Å²) in [5.74, 6) is -1.31. The normalized spacial score (nSPS) is 15.9. The highest BCUT2D eigenvalue weighted by Crippen LogP contribution is 2.41. The monoisotopic (exact) mass is 318 g/mol. The lowest BCUT2D eigenvalue weighted by atomic mass is 9.82. The molecule has 3 N–H and O–H groups in total. The number of carboxylic acid groups (broad SMARTS) is 1. The van der Waals surface area contributed by atoms with Gasteiger partial charge in [-0.2, -0.15) is 0 Å². The molecule has 1 fully saturated rings. The fourth-order valence-corrected chi connectivity index (χ4v) is 2.95. The first-order chi connectivity index (χ1) is 10.9. The van der Waals surface area contributed by atoms with Crippen molar-refractivity contribution in [2.45, 2.75) is 45.4 Å². The molecule has 0 saturated heterocycles. The van der Waals surface area contributed by atoms with E-state index in [1.54, 1.807) is 31.2 Å². The summed E-state index contributed by atoms with van der Waals surface area (Å²) < 4.78 is 0. The number of amides is 2. The molecular weight excluding hydrogens is 296 g/mol. The average Bonchev–Trinajstić information content (AvgIpc) is 2.97. The Balaban J connectivity index is 2.01. The van der Waals surface area contributed by atoms with Crippen LogP contribution in [0.15, 0.2) is 24.3 Å². The number of carbonyl (C=O) groups excluding carboxylic acids is 2. The van der Waals surface area contributed by atoms with Crippen LogP contribution in [0.5, 0.6) is 0 Å². The summed E-state index contributed by atoms with van der Waals surface area (Å²) in [6, 6.07) is 6.83. The number of aliphatic carboxylic acids is 1. The zero-order chi connectivity index (χ0) is 16.9. The van der Waals surface area contributed by atoms with Gasteiger partial charge in [-0.05, 0) is 31.0 Å². The molecule has 2 amide bonds. The first-order valence-electron chi connectivity index (χ1n) is 7.88. The number of nitrogens with one attached hydrogen (secondary N) is 2. The fourth-order valence-electron chi connectivity index (χ4n) is 2.95. The van der Waals surface area contributed by atoms with Gasteiger partial charge in [-0.25, -0.2) is 0 Å². The molecule has 6 heteroatoms. The van der Waals surface area contributed by atoms with E-state index in [0.29, 0.717) is 30.6 Å². The first-order valence-corrected chi connectivity index (χ1v) is 7.88. The average molecular weight is 318 g/mol. The highest BCUT2D eigenvalue weighted by Gasteiger charge is 2.42. The molecule has 0 aliphatic heterocycles. The Morgan fingerprint density at radius 2 is 1.65 bits per heavy atom. The second-order valence-corrected chi connectivity index (χ2v) is 6.00. The number of hydrogen-bond acceptors (Lipinski definition) is 3. The zero-order valence-electron chi connectivity index (χ0n) is 13.2. The maximum Gasteiger partial charge on any atom is 0.310 e. The van der Waals surface area contributed by atoms with Gasteiger partial charge in [0.05, 0.1) is 5.41 Å². The van der Waals surface area contributed by atoms with Gasteiger partial charge in [-0.15, -0.1) is 0 Å². The van der Waals surface area contributed by atoms with Gasteiger partial charge < -0.3 is 15.7 Å². The maximum atomic E-state index is 12.2. The summed E-state index contributed by atoms with van der Waals surface area (Å²) in [5.41, 5.74) is 0.212. The molecule has 1 aromatic carbocycles. The predicted molar refractivity (Wildman–Crippen MR) is 87.1 cm³/mol. The molecule has 2 rings (SSSR count). The van der Waals surface area contributed by atoms with Crippen molar-refractivity contribution in [3.8, 4) is 0 Å². The molecule has 1 aliphatic carbocycles. The van der Waals surface area contributed by atoms with Crippen molar-refractivity contribution >= 4 is 29.2 Å². The molecule has 1 aromatic rings. The molecule has 1 saturated carbocycles. The van der Waals surface area contributed by atoms with Crippen LogP contribution in [-0.2, 0) is 14.4 Å². The first kappa shape index (κ1) is 17.0. The van der Waals surface area contributed by atoms with Gasteiger partial charge in [0, 0.05) is 24.2 Å². The van der Waals surface area contributed by atoms with Crippen molar-refractivity contribution in [1.29, 1.82) is 0 Å². The van der Waals surface area contributed by atoms with Crippen LogP contribution in [-0.4, -0.2) is 22.9 Å². The highest BCUT2D eigenvalue weighted by molar-refractivity contribution is 5.96. The van der Waals surface area contributed by atoms with Gasteiger partial charge in [0.15, 0.2) is 0 Å². The van der Waals surface area contributed by atoms with Crippen LogP contribution >= 0.6 is 0 Å². The van der Waals surface area contributed by atoms with Crippen LogP contribution in [0.3, 0.4) is 0 Å². The van der Waals surface area contributed by atoms with E-state index in [4.69, 9.17) is 0 Å². The Bertz CT molecular complexity index is 606. The van der Waals surface area contributed by atoms with Crippen molar-refractivity contribution in [3.63, 3.8) is 0 Å². The Morgan fingerprint density at radius 3 is 2.17 bits per heavy atom. The zero-order valence-corrected chi connectivity index (χ0v) is 13.2. The molecule has 0 bridgehead atoms.